The van der Waals surface area contributed by atoms with Crippen LogP contribution in [0.2, 0.25) is 0 Å². The van der Waals surface area contributed by atoms with Gasteiger partial charge in [-0.25, -0.2) is 0 Å². The van der Waals surface area contributed by atoms with E-state index in [4.69, 9.17) is 4.52 Å². The van der Waals surface area contributed by atoms with Crippen molar-refractivity contribution in [3.05, 3.63) is 17.0 Å². The van der Waals surface area contributed by atoms with Crippen LogP contribution >= 0.6 is 0 Å². The Bertz CT molecular complexity index is 355. The third-order valence-electron chi connectivity index (χ3n) is 3.87. The van der Waals surface area contributed by atoms with Gasteiger partial charge in [0, 0.05) is 37.3 Å². The summed E-state index contributed by atoms with van der Waals surface area (Å²) in [5, 5.41) is 7.53. The zero-order chi connectivity index (χ0) is 12.4. The van der Waals surface area contributed by atoms with Gasteiger partial charge in [-0.05, 0) is 27.2 Å². The zero-order valence-corrected chi connectivity index (χ0v) is 11.3. The van der Waals surface area contributed by atoms with Crippen LogP contribution in [0.1, 0.15) is 43.3 Å². The van der Waals surface area contributed by atoms with Crippen molar-refractivity contribution in [3.63, 3.8) is 0 Å². The predicted octanol–water partition coefficient (Wildman–Crippen LogP) is 2.04. The van der Waals surface area contributed by atoms with E-state index in [1.165, 1.54) is 12.0 Å². The van der Waals surface area contributed by atoms with E-state index in [-0.39, 0.29) is 0 Å². The summed E-state index contributed by atoms with van der Waals surface area (Å²) in [4.78, 5) is 2.57. The van der Waals surface area contributed by atoms with E-state index in [2.05, 4.69) is 29.2 Å². The Morgan fingerprint density at radius 2 is 2.29 bits per heavy atom. The fourth-order valence-corrected chi connectivity index (χ4v) is 2.92. The maximum Gasteiger partial charge on any atom is 0.138 e. The number of hydrogen-bond acceptors (Lipinski definition) is 4. The normalized spacial score (nSPS) is 23.9. The molecular weight excluding hydrogens is 214 g/mol. The molecule has 1 aliphatic heterocycles. The lowest BCUT2D eigenvalue weighted by Gasteiger charge is -2.39. The molecule has 0 radical (unpaired) electrons. The smallest absolute Gasteiger partial charge is 0.138 e. The summed E-state index contributed by atoms with van der Waals surface area (Å²) in [5.74, 6) is 0.961. The van der Waals surface area contributed by atoms with Gasteiger partial charge in [-0.15, -0.1) is 0 Å². The zero-order valence-electron chi connectivity index (χ0n) is 11.3. The predicted molar refractivity (Wildman–Crippen MR) is 68.0 cm³/mol. The van der Waals surface area contributed by atoms with Crippen molar-refractivity contribution in [1.29, 1.82) is 0 Å². The van der Waals surface area contributed by atoms with E-state index in [1.54, 1.807) is 0 Å². The summed E-state index contributed by atoms with van der Waals surface area (Å²) in [6, 6.07) is 1.01. The van der Waals surface area contributed by atoms with Crippen molar-refractivity contribution in [2.45, 2.75) is 46.2 Å². The van der Waals surface area contributed by atoms with Gasteiger partial charge < -0.3 is 9.84 Å². The van der Waals surface area contributed by atoms with Crippen LogP contribution in [0.5, 0.6) is 0 Å². The third-order valence-corrected chi connectivity index (χ3v) is 3.87. The largest absolute Gasteiger partial charge is 0.361 e. The molecule has 1 N–H and O–H groups in total. The summed E-state index contributed by atoms with van der Waals surface area (Å²) < 4.78 is 5.28. The molecule has 2 unspecified atom stereocenters. The summed E-state index contributed by atoms with van der Waals surface area (Å²) in [6.07, 6.45) is 1.18. The van der Waals surface area contributed by atoms with Crippen molar-refractivity contribution in [2.24, 2.45) is 0 Å². The van der Waals surface area contributed by atoms with Gasteiger partial charge in [0.15, 0.2) is 0 Å². The van der Waals surface area contributed by atoms with Gasteiger partial charge in [-0.3, -0.25) is 4.90 Å². The second kappa shape index (κ2) is 5.19. The van der Waals surface area contributed by atoms with Crippen molar-refractivity contribution >= 4 is 0 Å². The van der Waals surface area contributed by atoms with Crippen LogP contribution in [-0.2, 0) is 0 Å². The Morgan fingerprint density at radius 3 is 2.88 bits per heavy atom. The van der Waals surface area contributed by atoms with Gasteiger partial charge in [0.25, 0.3) is 0 Å². The minimum Gasteiger partial charge on any atom is -0.361 e. The van der Waals surface area contributed by atoms with E-state index in [9.17, 15) is 0 Å². The number of aryl methyl sites for hydroxylation is 2. The van der Waals surface area contributed by atoms with Gasteiger partial charge in [0.05, 0.1) is 5.69 Å². The van der Waals surface area contributed by atoms with Crippen molar-refractivity contribution in [3.8, 4) is 0 Å². The molecule has 2 rings (SSSR count). The molecule has 2 heterocycles. The molecular formula is C13H23N3O. The summed E-state index contributed by atoms with van der Waals surface area (Å²) in [5.41, 5.74) is 2.30. The Balaban J connectivity index is 2.21. The molecule has 4 heteroatoms. The maximum absolute atomic E-state index is 5.28. The van der Waals surface area contributed by atoms with Crippen molar-refractivity contribution in [1.82, 2.24) is 15.4 Å². The number of nitrogens with one attached hydrogen (secondary N) is 1. The molecule has 1 aromatic rings. The number of rotatable bonds is 3. The molecule has 1 saturated heterocycles. The lowest BCUT2D eigenvalue weighted by Crippen LogP contribution is -2.51. The first-order chi connectivity index (χ1) is 8.15. The van der Waals surface area contributed by atoms with Gasteiger partial charge >= 0.3 is 0 Å². The fraction of sp³-hybridized carbons (Fsp3) is 0.769. The van der Waals surface area contributed by atoms with E-state index in [0.29, 0.717) is 12.1 Å². The number of hydrogen-bond donors (Lipinski definition) is 1. The molecule has 0 saturated carbocycles. The quantitative estimate of drug-likeness (QED) is 0.873. The molecule has 17 heavy (non-hydrogen) atoms. The van der Waals surface area contributed by atoms with Gasteiger partial charge in [0.2, 0.25) is 0 Å². The van der Waals surface area contributed by atoms with E-state index in [0.717, 1.165) is 31.1 Å². The Hall–Kier alpha value is -0.870. The second-order valence-electron chi connectivity index (χ2n) is 4.92. The molecule has 0 aliphatic carbocycles. The van der Waals surface area contributed by atoms with Crippen LogP contribution in [0, 0.1) is 13.8 Å². The van der Waals surface area contributed by atoms with E-state index in [1.807, 2.05) is 13.8 Å². The first-order valence-corrected chi connectivity index (χ1v) is 6.54. The molecule has 1 fully saturated rings. The lowest BCUT2D eigenvalue weighted by molar-refractivity contribution is 0.111. The molecule has 96 valence electrons. The van der Waals surface area contributed by atoms with Crippen LogP contribution < -0.4 is 5.32 Å². The van der Waals surface area contributed by atoms with Gasteiger partial charge in [-0.2, -0.15) is 0 Å². The van der Waals surface area contributed by atoms with Gasteiger partial charge in [0.1, 0.15) is 5.76 Å². The highest BCUT2D eigenvalue weighted by atomic mass is 16.5. The monoisotopic (exact) mass is 237 g/mol. The highest BCUT2D eigenvalue weighted by Gasteiger charge is 2.29. The first-order valence-electron chi connectivity index (χ1n) is 6.54. The summed E-state index contributed by atoms with van der Waals surface area (Å²) in [7, 11) is 0. The Morgan fingerprint density at radius 1 is 1.53 bits per heavy atom. The molecule has 0 spiro atoms. The topological polar surface area (TPSA) is 41.3 Å². The molecule has 0 amide bonds. The van der Waals surface area contributed by atoms with Crippen LogP contribution in [0.15, 0.2) is 4.52 Å². The molecule has 1 aromatic heterocycles. The van der Waals surface area contributed by atoms with Crippen LogP contribution in [0.3, 0.4) is 0 Å². The average molecular weight is 237 g/mol. The molecule has 1 aliphatic rings. The summed E-state index contributed by atoms with van der Waals surface area (Å²) in [6.45, 7) is 11.8. The molecule has 2 atom stereocenters. The number of nitrogens with zero attached hydrogens (tertiary/aromatic N) is 2. The van der Waals surface area contributed by atoms with Gasteiger partial charge in [-0.1, -0.05) is 12.1 Å². The van der Waals surface area contributed by atoms with E-state index >= 15 is 0 Å². The maximum atomic E-state index is 5.28. The highest BCUT2D eigenvalue weighted by molar-refractivity contribution is 5.24. The first kappa shape index (κ1) is 12.6. The fourth-order valence-electron chi connectivity index (χ4n) is 2.92. The van der Waals surface area contributed by atoms with Crippen molar-refractivity contribution < 1.29 is 4.52 Å². The van der Waals surface area contributed by atoms with Crippen molar-refractivity contribution in [2.75, 3.05) is 19.6 Å². The highest BCUT2D eigenvalue weighted by Crippen LogP contribution is 2.29. The molecule has 0 bridgehead atoms. The average Bonchev–Trinajstić information content (AvgIpc) is 2.68. The van der Waals surface area contributed by atoms with E-state index < -0.39 is 0 Å². The number of piperazine rings is 1. The third kappa shape index (κ3) is 2.38. The molecule has 0 aromatic carbocycles. The van der Waals surface area contributed by atoms with Crippen LogP contribution in [0.4, 0.5) is 0 Å². The second-order valence-corrected chi connectivity index (χ2v) is 4.92. The standard InChI is InChI=1S/C13H23N3O/c1-5-12-8-14-6-7-16(12)10(3)13-9(2)15-17-11(13)4/h10,12,14H,5-8H2,1-4H3. The van der Waals surface area contributed by atoms with Crippen LogP contribution in [-0.4, -0.2) is 35.7 Å². The molecule has 4 nitrogen and oxygen atoms in total. The number of aromatic nitrogens is 1. The van der Waals surface area contributed by atoms with Crippen LogP contribution in [0.25, 0.3) is 0 Å². The SMILES string of the molecule is CCC1CNCCN1C(C)c1c(C)noc1C. The minimum absolute atomic E-state index is 0.397. The minimum atomic E-state index is 0.397. The summed E-state index contributed by atoms with van der Waals surface area (Å²) >= 11 is 0. The lowest BCUT2D eigenvalue weighted by atomic mass is 10.0. The Labute approximate surface area is 103 Å². The Kier molecular flexibility index (Phi) is 3.84.